The number of halogens is 5. The molecule has 12 nitrogen and oxygen atoms in total. The van der Waals surface area contributed by atoms with Gasteiger partial charge in [-0.2, -0.15) is 0 Å². The maximum absolute atomic E-state index is 13.6. The summed E-state index contributed by atoms with van der Waals surface area (Å²) < 4.78 is 78.1. The molecule has 4 aromatic carbocycles. The third kappa shape index (κ3) is 10.3. The summed E-state index contributed by atoms with van der Waals surface area (Å²) in [6.45, 7) is 3.81. The highest BCUT2D eigenvalue weighted by Crippen LogP contribution is 2.43. The van der Waals surface area contributed by atoms with E-state index < -0.39 is 24.3 Å². The minimum Gasteiger partial charge on any atom is -0.398 e. The molecule has 2 aromatic heterocycles. The van der Waals surface area contributed by atoms with Crippen LogP contribution in [0.25, 0.3) is 22.3 Å². The lowest BCUT2D eigenvalue weighted by Gasteiger charge is -2.17. The molecule has 0 amide bonds. The van der Waals surface area contributed by atoms with E-state index >= 15 is 0 Å². The largest absolute Gasteiger partial charge is 0.398 e. The molecule has 19 heteroatoms. The Hall–Kier alpha value is -5.65. The number of hydrogen-bond donors (Lipinski definition) is 2. The predicted octanol–water partition coefficient (Wildman–Crippen LogP) is 9.72. The van der Waals surface area contributed by atoms with Gasteiger partial charge < -0.3 is 14.9 Å². The van der Waals surface area contributed by atoms with E-state index in [0.29, 0.717) is 51.7 Å². The molecule has 2 aliphatic carbocycles. The highest BCUT2D eigenvalue weighted by atomic mass is 35.7. The Morgan fingerprint density at radius 3 is 1.43 bits per heavy atom. The Balaban J connectivity index is 0.000000161. The quantitative estimate of drug-likeness (QED) is 0.123. The molecule has 0 radical (unpaired) electrons. The second-order valence-corrected chi connectivity index (χ2v) is 22.5. The zero-order valence-corrected chi connectivity index (χ0v) is 40.3. The van der Waals surface area contributed by atoms with Crippen LogP contribution >= 0.6 is 33.9 Å². The van der Waals surface area contributed by atoms with E-state index in [9.17, 15) is 35.2 Å². The lowest BCUT2D eigenvalue weighted by Crippen LogP contribution is -2.18. The number of benzene rings is 4. The molecular formula is C48H43Cl3F2N6O6S2. The predicted molar refractivity (Wildman–Crippen MR) is 263 cm³/mol. The molecule has 348 valence electrons. The number of nitrogen functional groups attached to an aromatic ring is 1. The summed E-state index contributed by atoms with van der Waals surface area (Å²) in [5.41, 5.74) is 15.4. The van der Waals surface area contributed by atoms with Crippen molar-refractivity contribution in [2.75, 3.05) is 10.5 Å². The van der Waals surface area contributed by atoms with Gasteiger partial charge in [-0.15, -0.1) is 0 Å². The van der Waals surface area contributed by atoms with E-state index in [-0.39, 0.29) is 50.8 Å². The molecule has 0 bridgehead atoms. The molecule has 6 aromatic rings. The van der Waals surface area contributed by atoms with E-state index in [1.165, 1.54) is 33.4 Å². The SMILES string of the molecule is C[C@@H]1N=C(c2ccc(F)cc2)c2cc(Cl)c(N)cc2-c2cn(C)c(=O)cc21.C[C@@H]1N=C(c2ccc(F)cc2)c2cc(Cl)c(NS(=O)(=O)C3CC3)cc2-c2cn(C)c(=O)cc21.O=S(=O)(Cl)C1CC1. The number of pyridine rings is 2. The molecule has 3 N–H and O–H groups in total. The molecule has 67 heavy (non-hydrogen) atoms. The minimum absolute atomic E-state index is 0.107. The zero-order valence-electron chi connectivity index (χ0n) is 36.4. The van der Waals surface area contributed by atoms with Gasteiger partial charge in [-0.3, -0.25) is 24.3 Å². The summed E-state index contributed by atoms with van der Waals surface area (Å²) in [6.07, 6.45) is 6.29. The Morgan fingerprint density at radius 1 is 0.612 bits per heavy atom. The summed E-state index contributed by atoms with van der Waals surface area (Å²) >= 11 is 12.8. The van der Waals surface area contributed by atoms with E-state index in [4.69, 9.17) is 49.6 Å². The number of hydrogen-bond acceptors (Lipinski definition) is 9. The van der Waals surface area contributed by atoms with Crippen molar-refractivity contribution in [1.29, 1.82) is 0 Å². The number of rotatable bonds is 6. The van der Waals surface area contributed by atoms with Gasteiger partial charge in [-0.1, -0.05) is 23.2 Å². The number of aromatic nitrogens is 2. The first-order valence-electron chi connectivity index (χ1n) is 21.1. The van der Waals surface area contributed by atoms with Crippen LogP contribution in [0.3, 0.4) is 0 Å². The summed E-state index contributed by atoms with van der Waals surface area (Å²) in [7, 11) is 1.58. The van der Waals surface area contributed by atoms with Crippen LogP contribution in [0.1, 0.15) is 85.0 Å². The maximum atomic E-state index is 13.6. The Bertz CT molecular complexity index is 3390. The average Bonchev–Trinajstić information content (AvgIpc) is 4.18. The number of aryl methyl sites for hydroxylation is 2. The summed E-state index contributed by atoms with van der Waals surface area (Å²) in [6, 6.07) is 21.6. The molecular weight excluding hydrogens is 965 g/mol. The van der Waals surface area contributed by atoms with Gasteiger partial charge in [0.15, 0.2) is 0 Å². The monoisotopic (exact) mass is 1010 g/mol. The fourth-order valence-corrected chi connectivity index (χ4v) is 10.9. The molecule has 4 aliphatic rings. The standard InChI is InChI=1S/C24H21ClFN3O3S.C21H17ClFN3O.C3H5ClO2S/c1-13-17-11-23(30)29(2)12-20(17)18-10-22(28-33(31,32)16-7-8-16)21(25)9-19(18)24(27-13)14-3-5-15(26)6-4-14;1-11-14-9-20(27)26(2)10-17(14)15-8-19(24)18(22)7-16(15)21(25-11)12-3-5-13(23)6-4-12;4-7(5,6)3-1-2-3/h3-6,9-13,16,28H,7-8H2,1-2H3;3-11H,24H2,1-2H3;3H,1-2H2/t13-;11-;/m00./s1. The van der Waals surface area contributed by atoms with E-state index in [1.54, 1.807) is 87.2 Å². The number of aliphatic imine (C=N–C) groups is 2. The minimum atomic E-state index is -3.53. The van der Waals surface area contributed by atoms with Gasteiger partial charge >= 0.3 is 0 Å². The first-order chi connectivity index (χ1) is 31.6. The van der Waals surface area contributed by atoms with Crippen molar-refractivity contribution in [3.8, 4) is 22.3 Å². The molecule has 0 spiro atoms. The highest BCUT2D eigenvalue weighted by Gasteiger charge is 2.37. The van der Waals surface area contributed by atoms with Gasteiger partial charge in [0, 0.05) is 82.7 Å². The van der Waals surface area contributed by atoms with Crippen LogP contribution in [0.4, 0.5) is 20.2 Å². The van der Waals surface area contributed by atoms with Gasteiger partial charge in [0.2, 0.25) is 19.1 Å². The third-order valence-corrected chi connectivity index (χ3v) is 16.3. The molecule has 0 unspecified atom stereocenters. The summed E-state index contributed by atoms with van der Waals surface area (Å²) in [5, 5.41) is 0.0317. The van der Waals surface area contributed by atoms with Crippen molar-refractivity contribution in [3.05, 3.63) is 173 Å². The first-order valence-corrected chi connectivity index (χ1v) is 25.7. The van der Waals surface area contributed by atoms with Gasteiger partial charge in [0.05, 0.1) is 55.4 Å². The Morgan fingerprint density at radius 2 is 1.03 bits per heavy atom. The van der Waals surface area contributed by atoms with E-state index in [2.05, 4.69) is 4.72 Å². The van der Waals surface area contributed by atoms with E-state index in [0.717, 1.165) is 51.8 Å². The fraction of sp³-hybridized carbons (Fsp3) is 0.250. The van der Waals surface area contributed by atoms with Crippen LogP contribution in [-0.2, 0) is 33.2 Å². The number of nitrogens with two attached hydrogens (primary N) is 1. The van der Waals surface area contributed by atoms with Gasteiger partial charge in [0.25, 0.3) is 11.1 Å². The van der Waals surface area contributed by atoms with E-state index in [1.807, 2.05) is 13.8 Å². The van der Waals surface area contributed by atoms with Crippen molar-refractivity contribution in [2.45, 2.75) is 62.1 Å². The smallest absolute Gasteiger partial charge is 0.250 e. The van der Waals surface area contributed by atoms with Crippen LogP contribution in [0.2, 0.25) is 10.0 Å². The van der Waals surface area contributed by atoms with Crippen LogP contribution in [-0.4, -0.2) is 47.9 Å². The number of nitrogens with one attached hydrogen (secondary N) is 1. The molecule has 4 heterocycles. The number of anilines is 2. The van der Waals surface area contributed by atoms with Crippen LogP contribution in [0.15, 0.2) is 117 Å². The van der Waals surface area contributed by atoms with Crippen LogP contribution < -0.4 is 21.6 Å². The second kappa shape index (κ2) is 18.4. The number of fused-ring (bicyclic) bond motifs is 6. The van der Waals surface area contributed by atoms with Crippen LogP contribution in [0.5, 0.6) is 0 Å². The Labute approximate surface area is 400 Å². The Kier molecular flexibility index (Phi) is 13.2. The van der Waals surface area contributed by atoms with Crippen molar-refractivity contribution in [2.24, 2.45) is 24.1 Å². The van der Waals surface area contributed by atoms with Crippen LogP contribution in [0, 0.1) is 11.6 Å². The second-order valence-electron chi connectivity index (χ2n) is 16.8. The molecule has 0 saturated heterocycles. The molecule has 2 fully saturated rings. The third-order valence-electron chi connectivity index (χ3n) is 11.8. The summed E-state index contributed by atoms with van der Waals surface area (Å²) in [5.74, 6) is -0.682. The normalized spacial score (nSPS) is 17.3. The van der Waals surface area contributed by atoms with Gasteiger partial charge in [-0.25, -0.2) is 25.6 Å². The zero-order chi connectivity index (χ0) is 48.3. The van der Waals surface area contributed by atoms with Crippen molar-refractivity contribution in [1.82, 2.24) is 9.13 Å². The summed E-state index contributed by atoms with van der Waals surface area (Å²) in [4.78, 5) is 34.3. The highest BCUT2D eigenvalue weighted by molar-refractivity contribution is 8.14. The molecule has 2 saturated carbocycles. The molecule has 2 atom stereocenters. The lowest BCUT2D eigenvalue weighted by molar-refractivity contribution is 0.599. The topological polar surface area (TPSA) is 175 Å². The molecule has 10 rings (SSSR count). The van der Waals surface area contributed by atoms with Gasteiger partial charge in [0.1, 0.15) is 11.6 Å². The van der Waals surface area contributed by atoms with Gasteiger partial charge in [-0.05, 0) is 135 Å². The van der Waals surface area contributed by atoms with Crippen molar-refractivity contribution in [3.63, 3.8) is 0 Å². The molecule has 2 aliphatic heterocycles. The first kappa shape index (κ1) is 47.8. The van der Waals surface area contributed by atoms with Crippen molar-refractivity contribution >= 4 is 75.8 Å². The fourth-order valence-electron chi connectivity index (χ4n) is 7.81. The number of sulfonamides is 1. The number of nitrogens with zero attached hydrogens (tertiary/aromatic N) is 4. The average molecular weight is 1010 g/mol. The maximum Gasteiger partial charge on any atom is 0.250 e. The van der Waals surface area contributed by atoms with Crippen molar-refractivity contribution < 1.29 is 25.6 Å². The lowest BCUT2D eigenvalue weighted by atomic mass is 9.92.